The number of rotatable bonds is 7. The Morgan fingerprint density at radius 3 is 2.33 bits per heavy atom. The Hall–Kier alpha value is -3.40. The van der Waals surface area contributed by atoms with Crippen LogP contribution in [0.25, 0.3) is 0 Å². The van der Waals surface area contributed by atoms with Crippen molar-refractivity contribution < 1.29 is 19.4 Å². The molecule has 1 aromatic heterocycles. The summed E-state index contributed by atoms with van der Waals surface area (Å²) in [6.45, 7) is 11.0. The van der Waals surface area contributed by atoms with Crippen LogP contribution in [0.5, 0.6) is 0 Å². The molecule has 2 aliphatic rings. The highest BCUT2D eigenvalue weighted by atomic mass is 16.6. The summed E-state index contributed by atoms with van der Waals surface area (Å²) < 4.78 is 5.53. The van der Waals surface area contributed by atoms with Crippen molar-refractivity contribution in [3.05, 3.63) is 40.7 Å². The van der Waals surface area contributed by atoms with E-state index in [2.05, 4.69) is 28.6 Å². The van der Waals surface area contributed by atoms with Crippen LogP contribution in [-0.4, -0.2) is 62.8 Å². The molecule has 40 heavy (non-hydrogen) atoms. The predicted molar refractivity (Wildman–Crippen MR) is 156 cm³/mol. The van der Waals surface area contributed by atoms with Gasteiger partial charge < -0.3 is 31.1 Å². The van der Waals surface area contributed by atoms with Gasteiger partial charge in [-0.1, -0.05) is 13.0 Å². The summed E-state index contributed by atoms with van der Waals surface area (Å²) in [7, 11) is 0. The zero-order valence-electron chi connectivity index (χ0n) is 24.4. The Morgan fingerprint density at radius 1 is 1.07 bits per heavy atom. The van der Waals surface area contributed by atoms with E-state index in [1.165, 1.54) is 5.56 Å². The number of amides is 2. The van der Waals surface area contributed by atoms with Gasteiger partial charge in [-0.2, -0.15) is 0 Å². The number of nitrogens with two attached hydrogens (primary N) is 1. The second-order valence-corrected chi connectivity index (χ2v) is 12.0. The third-order valence-electron chi connectivity index (χ3n) is 7.69. The summed E-state index contributed by atoms with van der Waals surface area (Å²) in [5.74, 6) is 0.673. The number of nitrogens with one attached hydrogen (secondary N) is 2. The van der Waals surface area contributed by atoms with Crippen LogP contribution in [0.15, 0.2) is 18.2 Å². The van der Waals surface area contributed by atoms with Gasteiger partial charge in [0.2, 0.25) is 0 Å². The first kappa shape index (κ1) is 29.6. The fourth-order valence-electron chi connectivity index (χ4n) is 5.55. The molecule has 1 aliphatic heterocycles. The lowest BCUT2D eigenvalue weighted by Crippen LogP contribution is -2.41. The quantitative estimate of drug-likeness (QED) is 0.375. The molecular weight excluding hydrogens is 508 g/mol. The van der Waals surface area contributed by atoms with Crippen molar-refractivity contribution >= 4 is 29.3 Å². The third kappa shape index (κ3) is 7.41. The van der Waals surface area contributed by atoms with Crippen LogP contribution in [0.2, 0.25) is 0 Å². The molecule has 2 heterocycles. The number of piperidine rings is 1. The highest BCUT2D eigenvalue weighted by Crippen LogP contribution is 2.33. The molecule has 218 valence electrons. The van der Waals surface area contributed by atoms with Crippen LogP contribution < -0.4 is 16.4 Å². The van der Waals surface area contributed by atoms with E-state index in [4.69, 9.17) is 15.5 Å². The van der Waals surface area contributed by atoms with Gasteiger partial charge in [0.25, 0.3) is 5.91 Å². The van der Waals surface area contributed by atoms with E-state index in [1.54, 1.807) is 4.90 Å². The van der Waals surface area contributed by atoms with E-state index < -0.39 is 11.5 Å². The van der Waals surface area contributed by atoms with Crippen molar-refractivity contribution in [3.8, 4) is 0 Å². The highest BCUT2D eigenvalue weighted by Gasteiger charge is 2.28. The molecule has 0 radical (unpaired) electrons. The Morgan fingerprint density at radius 2 is 1.75 bits per heavy atom. The summed E-state index contributed by atoms with van der Waals surface area (Å²) in [6, 6.07) is 6.33. The van der Waals surface area contributed by atoms with E-state index in [-0.39, 0.29) is 23.9 Å². The zero-order chi connectivity index (χ0) is 29.0. The van der Waals surface area contributed by atoms with Crippen LogP contribution in [0.1, 0.15) is 99.4 Å². The molecule has 1 aromatic carbocycles. The summed E-state index contributed by atoms with van der Waals surface area (Å²) >= 11 is 0. The first-order valence-electron chi connectivity index (χ1n) is 14.4. The van der Waals surface area contributed by atoms with Gasteiger partial charge in [0.15, 0.2) is 11.5 Å². The number of anilines is 3. The number of aliphatic hydroxyl groups is 1. The van der Waals surface area contributed by atoms with Crippen LogP contribution >= 0.6 is 0 Å². The highest BCUT2D eigenvalue weighted by molar-refractivity contribution is 5.96. The van der Waals surface area contributed by atoms with Gasteiger partial charge in [0.1, 0.15) is 11.4 Å². The van der Waals surface area contributed by atoms with E-state index in [0.29, 0.717) is 42.8 Å². The summed E-state index contributed by atoms with van der Waals surface area (Å²) in [5, 5.41) is 16.6. The number of benzene rings is 1. The Balaban J connectivity index is 1.48. The van der Waals surface area contributed by atoms with Crippen LogP contribution in [0.3, 0.4) is 0 Å². The van der Waals surface area contributed by atoms with E-state index in [0.717, 1.165) is 49.8 Å². The zero-order valence-corrected chi connectivity index (χ0v) is 24.4. The first-order valence-corrected chi connectivity index (χ1v) is 14.4. The number of hydrogen-bond acceptors (Lipinski definition) is 8. The summed E-state index contributed by atoms with van der Waals surface area (Å²) in [4.78, 5) is 35.9. The molecule has 2 amide bonds. The standard InChI is InChI=1S/C30H44N6O4/c1-6-24-27(32-20-7-10-22(37)11-8-20)35-28(25(34-24)26(31)38)33-21-9-12-23(18(2)17-21)19-13-15-36(16-14-19)29(39)40-30(3,4)5/h9,12,17,19-20,22,37H,6-8,10-11,13-16H2,1-5H3,(H2,31,38)(H2,32,33,35). The number of aliphatic hydroxyl groups excluding tert-OH is 1. The lowest BCUT2D eigenvalue weighted by atomic mass is 9.87. The van der Waals surface area contributed by atoms with Gasteiger partial charge >= 0.3 is 6.09 Å². The molecule has 10 nitrogen and oxygen atoms in total. The second kappa shape index (κ2) is 12.4. The smallest absolute Gasteiger partial charge is 0.410 e. The second-order valence-electron chi connectivity index (χ2n) is 12.0. The van der Waals surface area contributed by atoms with Gasteiger partial charge in [-0.25, -0.2) is 14.8 Å². The van der Waals surface area contributed by atoms with Gasteiger partial charge in [0.05, 0.1) is 11.8 Å². The maximum absolute atomic E-state index is 12.4. The summed E-state index contributed by atoms with van der Waals surface area (Å²) in [5.41, 5.74) is 9.15. The molecule has 0 atom stereocenters. The van der Waals surface area contributed by atoms with Crippen LogP contribution in [0.4, 0.5) is 22.1 Å². The predicted octanol–water partition coefficient (Wildman–Crippen LogP) is 5.02. The molecule has 0 unspecified atom stereocenters. The largest absolute Gasteiger partial charge is 0.444 e. The van der Waals surface area contributed by atoms with E-state index in [9.17, 15) is 14.7 Å². The normalized spacial score (nSPS) is 20.2. The molecule has 1 aliphatic carbocycles. The number of hydrogen-bond donors (Lipinski definition) is 4. The van der Waals surface area contributed by atoms with Gasteiger partial charge in [-0.05, 0) is 102 Å². The molecule has 1 saturated heterocycles. The SMILES string of the molecule is CCc1nc(C(N)=O)c(Nc2ccc(C3CCN(C(=O)OC(C)(C)C)CC3)c(C)c2)nc1NC1CCC(O)CC1. The number of aromatic nitrogens is 2. The van der Waals surface area contributed by atoms with Crippen LogP contribution in [-0.2, 0) is 11.2 Å². The fraction of sp³-hybridized carbons (Fsp3) is 0.600. The maximum Gasteiger partial charge on any atom is 0.410 e. The molecule has 2 aromatic rings. The van der Waals surface area contributed by atoms with Crippen molar-refractivity contribution in [1.82, 2.24) is 14.9 Å². The minimum Gasteiger partial charge on any atom is -0.444 e. The number of nitrogens with zero attached hydrogens (tertiary/aromatic N) is 3. The molecule has 0 spiro atoms. The van der Waals surface area contributed by atoms with Crippen LogP contribution in [0, 0.1) is 6.92 Å². The number of primary amides is 1. The van der Waals surface area contributed by atoms with Gasteiger partial charge in [-0.3, -0.25) is 4.79 Å². The minimum atomic E-state index is -0.637. The van der Waals surface area contributed by atoms with Crippen molar-refractivity contribution in [2.24, 2.45) is 5.73 Å². The van der Waals surface area contributed by atoms with Crippen molar-refractivity contribution in [1.29, 1.82) is 0 Å². The number of likely N-dealkylation sites (tertiary alicyclic amines) is 1. The van der Waals surface area contributed by atoms with E-state index in [1.807, 2.05) is 39.8 Å². The Bertz CT molecular complexity index is 1210. The number of aryl methyl sites for hydroxylation is 2. The van der Waals surface area contributed by atoms with E-state index >= 15 is 0 Å². The van der Waals surface area contributed by atoms with Gasteiger partial charge in [0, 0.05) is 24.8 Å². The summed E-state index contributed by atoms with van der Waals surface area (Å²) in [6.07, 6.45) is 5.06. The average Bonchev–Trinajstić information content (AvgIpc) is 2.89. The number of ether oxygens (including phenoxy) is 1. The average molecular weight is 553 g/mol. The first-order chi connectivity index (χ1) is 18.9. The Labute approximate surface area is 237 Å². The molecule has 1 saturated carbocycles. The molecule has 2 fully saturated rings. The minimum absolute atomic E-state index is 0.109. The topological polar surface area (TPSA) is 143 Å². The van der Waals surface area contributed by atoms with Crippen molar-refractivity contribution in [3.63, 3.8) is 0 Å². The number of carbonyl (C=O) groups is 2. The van der Waals surface area contributed by atoms with Crippen molar-refractivity contribution in [2.45, 2.75) is 103 Å². The molecule has 5 N–H and O–H groups in total. The lowest BCUT2D eigenvalue weighted by molar-refractivity contribution is 0.0204. The lowest BCUT2D eigenvalue weighted by Gasteiger charge is -2.34. The van der Waals surface area contributed by atoms with Crippen molar-refractivity contribution in [2.75, 3.05) is 23.7 Å². The Kier molecular flexibility index (Phi) is 9.18. The molecule has 0 bridgehead atoms. The van der Waals surface area contributed by atoms with Gasteiger partial charge in [-0.15, -0.1) is 0 Å². The molecule has 4 rings (SSSR count). The third-order valence-corrected chi connectivity index (χ3v) is 7.69. The molecular formula is C30H44N6O4. The number of carbonyl (C=O) groups excluding carboxylic acids is 2. The fourth-order valence-corrected chi connectivity index (χ4v) is 5.55. The molecule has 10 heteroatoms. The monoisotopic (exact) mass is 552 g/mol. The maximum atomic E-state index is 12.4.